The number of anilines is 1. The lowest BCUT2D eigenvalue weighted by atomic mass is 10.2. The summed E-state index contributed by atoms with van der Waals surface area (Å²) in [5, 5.41) is 0.914. The van der Waals surface area contributed by atoms with E-state index in [0.717, 1.165) is 5.56 Å². The van der Waals surface area contributed by atoms with Crippen LogP contribution in [0.3, 0.4) is 0 Å². The van der Waals surface area contributed by atoms with Crippen molar-refractivity contribution in [2.24, 2.45) is 0 Å². The largest absolute Gasteiger partial charge is 0.420 e. The number of hydrogen-bond donors (Lipinski definition) is 1. The van der Waals surface area contributed by atoms with Crippen molar-refractivity contribution in [1.29, 1.82) is 0 Å². The zero-order valence-corrected chi connectivity index (χ0v) is 11.8. The maximum Gasteiger partial charge on any atom is 0.420 e. The van der Waals surface area contributed by atoms with Gasteiger partial charge in [0.2, 0.25) is 0 Å². The lowest BCUT2D eigenvalue weighted by Gasteiger charge is -2.05. The van der Waals surface area contributed by atoms with Crippen LogP contribution in [-0.2, 0) is 6.54 Å². The van der Waals surface area contributed by atoms with E-state index in [2.05, 4.69) is 0 Å². The molecule has 6 heteroatoms. The van der Waals surface area contributed by atoms with E-state index in [0.29, 0.717) is 33.4 Å². The predicted octanol–water partition coefficient (Wildman–Crippen LogP) is 3.53. The lowest BCUT2D eigenvalue weighted by Crippen LogP contribution is -2.15. The van der Waals surface area contributed by atoms with Gasteiger partial charge < -0.3 is 10.2 Å². The molecule has 0 saturated heterocycles. The fourth-order valence-corrected chi connectivity index (χ4v) is 2.44. The van der Waals surface area contributed by atoms with E-state index in [1.54, 1.807) is 36.4 Å². The summed E-state index contributed by atoms with van der Waals surface area (Å²) in [4.78, 5) is 11.9. The van der Waals surface area contributed by atoms with Crippen molar-refractivity contribution in [1.82, 2.24) is 4.57 Å². The average Bonchev–Trinajstić information content (AvgIpc) is 2.72. The number of nitrogen functional groups attached to an aromatic ring is 1. The average molecular weight is 309 g/mol. The highest BCUT2D eigenvalue weighted by Gasteiger charge is 2.12. The second-order valence-corrected chi connectivity index (χ2v) is 5.21. The minimum Gasteiger partial charge on any atom is -0.408 e. The Morgan fingerprint density at radius 1 is 1.15 bits per heavy atom. The summed E-state index contributed by atoms with van der Waals surface area (Å²) in [5.74, 6) is -0.455. The Bertz CT molecular complexity index is 852. The number of rotatable bonds is 2. The SMILES string of the molecule is Nc1cccc2oc(=O)n(Cc3ccc(Cl)c(Cl)c3)c12. The summed E-state index contributed by atoms with van der Waals surface area (Å²) < 4.78 is 6.65. The van der Waals surface area contributed by atoms with Crippen LogP contribution < -0.4 is 11.5 Å². The Balaban J connectivity index is 2.13. The number of fused-ring (bicyclic) bond motifs is 1. The Hall–Kier alpha value is -1.91. The summed E-state index contributed by atoms with van der Waals surface area (Å²) in [6, 6.07) is 10.4. The van der Waals surface area contributed by atoms with Crippen LogP contribution in [0.4, 0.5) is 5.69 Å². The van der Waals surface area contributed by atoms with Crippen LogP contribution in [-0.4, -0.2) is 4.57 Å². The molecule has 0 spiro atoms. The van der Waals surface area contributed by atoms with Crippen molar-refractivity contribution >= 4 is 40.0 Å². The summed E-state index contributed by atoms with van der Waals surface area (Å²) in [5.41, 5.74) is 8.30. The maximum absolute atomic E-state index is 11.9. The zero-order valence-electron chi connectivity index (χ0n) is 10.3. The van der Waals surface area contributed by atoms with Crippen molar-refractivity contribution in [2.75, 3.05) is 5.73 Å². The highest BCUT2D eigenvalue weighted by molar-refractivity contribution is 6.42. The van der Waals surface area contributed by atoms with E-state index in [1.807, 2.05) is 0 Å². The van der Waals surface area contributed by atoms with Gasteiger partial charge >= 0.3 is 5.76 Å². The molecule has 20 heavy (non-hydrogen) atoms. The third-order valence-electron chi connectivity index (χ3n) is 3.04. The minimum absolute atomic E-state index is 0.316. The van der Waals surface area contributed by atoms with E-state index in [1.165, 1.54) is 4.57 Å². The van der Waals surface area contributed by atoms with E-state index in [-0.39, 0.29) is 0 Å². The summed E-state index contributed by atoms with van der Waals surface area (Å²) >= 11 is 11.9. The van der Waals surface area contributed by atoms with E-state index < -0.39 is 5.76 Å². The molecule has 1 heterocycles. The molecule has 0 radical (unpaired) electrons. The Kier molecular flexibility index (Phi) is 3.20. The molecule has 3 rings (SSSR count). The Morgan fingerprint density at radius 3 is 2.70 bits per heavy atom. The second-order valence-electron chi connectivity index (χ2n) is 4.40. The van der Waals surface area contributed by atoms with Gasteiger partial charge in [0, 0.05) is 0 Å². The molecule has 0 aliphatic carbocycles. The highest BCUT2D eigenvalue weighted by atomic mass is 35.5. The summed E-state index contributed by atoms with van der Waals surface area (Å²) in [6.07, 6.45) is 0. The van der Waals surface area contributed by atoms with E-state index in [4.69, 9.17) is 33.4 Å². The monoisotopic (exact) mass is 308 g/mol. The molecule has 1 aromatic heterocycles. The van der Waals surface area contributed by atoms with Crippen molar-refractivity contribution in [2.45, 2.75) is 6.54 Å². The number of nitrogens with two attached hydrogens (primary N) is 1. The summed E-state index contributed by atoms with van der Waals surface area (Å²) in [7, 11) is 0. The standard InChI is InChI=1S/C14H10Cl2N2O2/c15-9-5-4-8(6-10(9)16)7-18-13-11(17)2-1-3-12(13)20-14(18)19/h1-6H,7,17H2. The molecule has 0 unspecified atom stereocenters. The molecule has 0 amide bonds. The van der Waals surface area contributed by atoms with Crippen molar-refractivity contribution in [3.05, 3.63) is 62.6 Å². The zero-order chi connectivity index (χ0) is 14.3. The predicted molar refractivity (Wildman–Crippen MR) is 80.5 cm³/mol. The first kappa shape index (κ1) is 13.1. The van der Waals surface area contributed by atoms with Gasteiger partial charge in [-0.2, -0.15) is 0 Å². The van der Waals surface area contributed by atoms with Crippen LogP contribution in [0.1, 0.15) is 5.56 Å². The number of para-hydroxylation sites is 1. The van der Waals surface area contributed by atoms with Gasteiger partial charge in [-0.3, -0.25) is 4.57 Å². The lowest BCUT2D eigenvalue weighted by molar-refractivity contribution is 0.518. The van der Waals surface area contributed by atoms with Gasteiger partial charge in [0.25, 0.3) is 0 Å². The highest BCUT2D eigenvalue weighted by Crippen LogP contribution is 2.24. The third kappa shape index (κ3) is 2.17. The van der Waals surface area contributed by atoms with Crippen molar-refractivity contribution in [3.63, 3.8) is 0 Å². The fourth-order valence-electron chi connectivity index (χ4n) is 2.12. The van der Waals surface area contributed by atoms with Crippen LogP contribution in [0.2, 0.25) is 10.0 Å². The topological polar surface area (TPSA) is 61.2 Å². The first-order valence-electron chi connectivity index (χ1n) is 5.88. The van der Waals surface area contributed by atoms with Crippen LogP contribution >= 0.6 is 23.2 Å². The van der Waals surface area contributed by atoms with Gasteiger partial charge in [-0.05, 0) is 29.8 Å². The van der Waals surface area contributed by atoms with Crippen LogP contribution in [0.25, 0.3) is 11.1 Å². The molecule has 0 aliphatic rings. The first-order valence-corrected chi connectivity index (χ1v) is 6.63. The van der Waals surface area contributed by atoms with Gasteiger partial charge in [-0.25, -0.2) is 4.79 Å². The molecule has 102 valence electrons. The fraction of sp³-hybridized carbons (Fsp3) is 0.0714. The molecule has 0 fully saturated rings. The van der Waals surface area contributed by atoms with Gasteiger partial charge in [-0.1, -0.05) is 35.3 Å². The summed E-state index contributed by atoms with van der Waals surface area (Å²) in [6.45, 7) is 0.316. The molecule has 0 atom stereocenters. The molecule has 2 aromatic carbocycles. The number of nitrogens with zero attached hydrogens (tertiary/aromatic N) is 1. The number of hydrogen-bond acceptors (Lipinski definition) is 3. The number of oxazole rings is 1. The van der Waals surface area contributed by atoms with Crippen LogP contribution in [0.5, 0.6) is 0 Å². The number of benzene rings is 2. The van der Waals surface area contributed by atoms with E-state index in [9.17, 15) is 4.79 Å². The van der Waals surface area contributed by atoms with Gasteiger partial charge in [0.1, 0.15) is 5.52 Å². The quantitative estimate of drug-likeness (QED) is 0.737. The van der Waals surface area contributed by atoms with Gasteiger partial charge in [0.15, 0.2) is 5.58 Å². The van der Waals surface area contributed by atoms with Crippen molar-refractivity contribution < 1.29 is 4.42 Å². The van der Waals surface area contributed by atoms with Gasteiger partial charge in [0.05, 0.1) is 22.3 Å². The molecule has 3 aromatic rings. The smallest absolute Gasteiger partial charge is 0.408 e. The first-order chi connectivity index (χ1) is 9.56. The molecule has 0 bridgehead atoms. The number of aromatic nitrogens is 1. The van der Waals surface area contributed by atoms with Gasteiger partial charge in [-0.15, -0.1) is 0 Å². The van der Waals surface area contributed by atoms with Crippen molar-refractivity contribution in [3.8, 4) is 0 Å². The molecule has 4 nitrogen and oxygen atoms in total. The second kappa shape index (κ2) is 4.89. The molecule has 2 N–H and O–H groups in total. The molecular formula is C14H10Cl2N2O2. The molecular weight excluding hydrogens is 299 g/mol. The Labute approximate surface area is 124 Å². The van der Waals surface area contributed by atoms with Crippen LogP contribution in [0.15, 0.2) is 45.6 Å². The normalized spacial score (nSPS) is 11.1. The minimum atomic E-state index is -0.455. The Morgan fingerprint density at radius 2 is 1.95 bits per heavy atom. The molecule has 0 saturated carbocycles. The maximum atomic E-state index is 11.9. The third-order valence-corrected chi connectivity index (χ3v) is 3.78. The molecule has 0 aliphatic heterocycles. The van der Waals surface area contributed by atoms with Crippen LogP contribution in [0, 0.1) is 0 Å². The van der Waals surface area contributed by atoms with E-state index >= 15 is 0 Å². The number of halogens is 2.